The molecule has 0 unspecified atom stereocenters. The number of aromatic nitrogens is 2. The van der Waals surface area contributed by atoms with Crippen LogP contribution in [0.25, 0.3) is 22.7 Å². The van der Waals surface area contributed by atoms with Gasteiger partial charge in [0.15, 0.2) is 16.3 Å². The van der Waals surface area contributed by atoms with Crippen molar-refractivity contribution in [3.63, 3.8) is 0 Å². The summed E-state index contributed by atoms with van der Waals surface area (Å²) >= 11 is 5.38. The van der Waals surface area contributed by atoms with Crippen LogP contribution in [0.5, 0.6) is 5.75 Å². The molecular weight excluding hydrogens is 436 g/mol. The number of hydrogen-bond donors (Lipinski definition) is 2. The van der Waals surface area contributed by atoms with Crippen molar-refractivity contribution in [2.75, 3.05) is 11.9 Å². The second kappa shape index (κ2) is 10.2. The molecule has 8 heteroatoms. The molecule has 1 amide bonds. The van der Waals surface area contributed by atoms with Crippen LogP contribution in [-0.2, 0) is 0 Å². The van der Waals surface area contributed by atoms with Crippen molar-refractivity contribution in [3.8, 4) is 17.2 Å². The normalized spacial score (nSPS) is 10.7. The zero-order chi connectivity index (χ0) is 23.2. The van der Waals surface area contributed by atoms with Crippen molar-refractivity contribution in [1.29, 1.82) is 0 Å². The Morgan fingerprint density at radius 2 is 2.00 bits per heavy atom. The smallest absolute Gasteiger partial charge is 0.257 e. The summed E-state index contributed by atoms with van der Waals surface area (Å²) < 4.78 is 11.5. The Hall–Kier alpha value is -3.78. The number of hydrogen-bond acceptors (Lipinski definition) is 6. The van der Waals surface area contributed by atoms with Crippen LogP contribution in [0, 0.1) is 6.92 Å². The summed E-state index contributed by atoms with van der Waals surface area (Å²) in [5, 5.41) is 6.01. The first-order chi connectivity index (χ1) is 16.0. The summed E-state index contributed by atoms with van der Waals surface area (Å²) in [7, 11) is 0. The Morgan fingerprint density at radius 3 is 2.82 bits per heavy atom. The Morgan fingerprint density at radius 1 is 1.15 bits per heavy atom. The van der Waals surface area contributed by atoms with E-state index in [4.69, 9.17) is 21.4 Å². The number of anilines is 1. The van der Waals surface area contributed by atoms with Gasteiger partial charge in [-0.05, 0) is 73.6 Å². The van der Waals surface area contributed by atoms with Crippen LogP contribution in [0.1, 0.15) is 35.7 Å². The second-order valence-corrected chi connectivity index (χ2v) is 7.87. The maximum atomic E-state index is 12.7. The van der Waals surface area contributed by atoms with E-state index < -0.39 is 0 Å². The van der Waals surface area contributed by atoms with Crippen LogP contribution in [-0.4, -0.2) is 27.6 Å². The van der Waals surface area contributed by atoms with Crippen LogP contribution >= 0.6 is 12.2 Å². The van der Waals surface area contributed by atoms with E-state index in [9.17, 15) is 4.79 Å². The molecule has 2 aromatic heterocycles. The zero-order valence-corrected chi connectivity index (χ0v) is 19.2. The Bertz CT molecular complexity index is 1270. The number of thiocarbonyl (C=S) groups is 1. The van der Waals surface area contributed by atoms with Crippen LogP contribution in [0.2, 0.25) is 0 Å². The van der Waals surface area contributed by atoms with E-state index >= 15 is 0 Å². The highest BCUT2D eigenvalue weighted by molar-refractivity contribution is 7.80. The standard InChI is InChI=1S/C25H24N4O3S/c1-3-4-14-31-18-9-5-8-17(15-18)23(30)29-25(33)27-20-11-6-10-19(16(20)2)24-28-22-21(32-24)12-7-13-26-22/h5-13,15H,3-4,14H2,1-2H3,(H2,27,29,30,33). The predicted molar refractivity (Wildman–Crippen MR) is 133 cm³/mol. The maximum Gasteiger partial charge on any atom is 0.257 e. The van der Waals surface area contributed by atoms with Crippen molar-refractivity contribution in [2.24, 2.45) is 0 Å². The number of amides is 1. The number of rotatable bonds is 7. The minimum atomic E-state index is -0.313. The third-order valence-corrected chi connectivity index (χ3v) is 5.27. The fourth-order valence-electron chi connectivity index (χ4n) is 3.28. The van der Waals surface area contributed by atoms with Gasteiger partial charge in [-0.25, -0.2) is 4.98 Å². The predicted octanol–water partition coefficient (Wildman–Crippen LogP) is 5.50. The Balaban J connectivity index is 1.45. The van der Waals surface area contributed by atoms with E-state index in [2.05, 4.69) is 27.5 Å². The van der Waals surface area contributed by atoms with Crippen LogP contribution < -0.4 is 15.4 Å². The van der Waals surface area contributed by atoms with Crippen molar-refractivity contribution in [2.45, 2.75) is 26.7 Å². The number of ether oxygens (including phenoxy) is 1. The quantitative estimate of drug-likeness (QED) is 0.278. The van der Waals surface area contributed by atoms with Gasteiger partial charge in [0.25, 0.3) is 5.91 Å². The van der Waals surface area contributed by atoms with Crippen molar-refractivity contribution < 1.29 is 13.9 Å². The lowest BCUT2D eigenvalue weighted by Gasteiger charge is -2.14. The topological polar surface area (TPSA) is 89.3 Å². The van der Waals surface area contributed by atoms with Gasteiger partial charge in [-0.1, -0.05) is 25.5 Å². The molecule has 168 valence electrons. The molecule has 0 saturated carbocycles. The van der Waals surface area contributed by atoms with E-state index in [0.717, 1.165) is 29.7 Å². The van der Waals surface area contributed by atoms with E-state index in [1.807, 2.05) is 37.3 Å². The van der Waals surface area contributed by atoms with Crippen LogP contribution in [0.4, 0.5) is 5.69 Å². The average molecular weight is 461 g/mol. The molecule has 0 atom stereocenters. The first-order valence-electron chi connectivity index (χ1n) is 10.7. The molecule has 33 heavy (non-hydrogen) atoms. The van der Waals surface area contributed by atoms with Crippen molar-refractivity contribution in [1.82, 2.24) is 15.3 Å². The molecule has 4 rings (SSSR count). The summed E-state index contributed by atoms with van der Waals surface area (Å²) in [6.07, 6.45) is 3.68. The van der Waals surface area contributed by atoms with Gasteiger partial charge in [0.1, 0.15) is 5.75 Å². The molecule has 2 heterocycles. The van der Waals surface area contributed by atoms with Gasteiger partial charge in [-0.2, -0.15) is 4.98 Å². The zero-order valence-electron chi connectivity index (χ0n) is 18.4. The number of unbranched alkanes of at least 4 members (excludes halogenated alkanes) is 1. The molecule has 0 bridgehead atoms. The highest BCUT2D eigenvalue weighted by Crippen LogP contribution is 2.30. The Labute approximate surface area is 197 Å². The fraction of sp³-hybridized carbons (Fsp3) is 0.200. The molecule has 0 fully saturated rings. The summed E-state index contributed by atoms with van der Waals surface area (Å²) in [6.45, 7) is 4.65. The highest BCUT2D eigenvalue weighted by atomic mass is 32.1. The number of fused-ring (bicyclic) bond motifs is 1. The number of nitrogens with one attached hydrogen (secondary N) is 2. The van der Waals surface area contributed by atoms with Gasteiger partial charge in [-0.3, -0.25) is 10.1 Å². The largest absolute Gasteiger partial charge is 0.494 e. The number of pyridine rings is 1. The number of nitrogens with zero attached hydrogens (tertiary/aromatic N) is 2. The van der Waals surface area contributed by atoms with E-state index in [1.165, 1.54) is 0 Å². The highest BCUT2D eigenvalue weighted by Gasteiger charge is 2.15. The molecule has 7 nitrogen and oxygen atoms in total. The second-order valence-electron chi connectivity index (χ2n) is 7.46. The molecule has 0 aliphatic rings. The van der Waals surface area contributed by atoms with E-state index in [1.54, 1.807) is 30.5 Å². The molecule has 0 spiro atoms. The number of carbonyl (C=O) groups excluding carboxylic acids is 1. The molecule has 4 aromatic rings. The molecule has 0 aliphatic heterocycles. The van der Waals surface area contributed by atoms with E-state index in [-0.39, 0.29) is 11.0 Å². The third kappa shape index (κ3) is 5.35. The van der Waals surface area contributed by atoms with Crippen LogP contribution in [0.3, 0.4) is 0 Å². The average Bonchev–Trinajstić information content (AvgIpc) is 3.25. The van der Waals surface area contributed by atoms with Crippen molar-refractivity contribution >= 4 is 40.2 Å². The minimum Gasteiger partial charge on any atom is -0.494 e. The molecule has 2 N–H and O–H groups in total. The lowest BCUT2D eigenvalue weighted by molar-refractivity contribution is 0.0977. The van der Waals surface area contributed by atoms with Crippen LogP contribution in [0.15, 0.2) is 65.2 Å². The Kier molecular flexibility index (Phi) is 6.95. The van der Waals surface area contributed by atoms with Gasteiger partial charge in [0.2, 0.25) is 5.89 Å². The summed E-state index contributed by atoms with van der Waals surface area (Å²) in [4.78, 5) is 21.4. The third-order valence-electron chi connectivity index (χ3n) is 5.07. The first-order valence-corrected chi connectivity index (χ1v) is 11.1. The van der Waals surface area contributed by atoms with Gasteiger partial charge in [0, 0.05) is 23.0 Å². The summed E-state index contributed by atoms with van der Waals surface area (Å²) in [5.41, 5.74) is 4.07. The molecule has 0 radical (unpaired) electrons. The fourth-order valence-corrected chi connectivity index (χ4v) is 3.48. The number of benzene rings is 2. The van der Waals surface area contributed by atoms with Gasteiger partial charge >= 0.3 is 0 Å². The molecule has 0 aliphatic carbocycles. The number of carbonyl (C=O) groups is 1. The van der Waals surface area contributed by atoms with Gasteiger partial charge in [0.05, 0.1) is 6.61 Å². The maximum absolute atomic E-state index is 12.7. The molecular formula is C25H24N4O3S. The monoisotopic (exact) mass is 460 g/mol. The van der Waals surface area contributed by atoms with Gasteiger partial charge < -0.3 is 14.5 Å². The molecule has 0 saturated heterocycles. The van der Waals surface area contributed by atoms with Gasteiger partial charge in [-0.15, -0.1) is 0 Å². The summed E-state index contributed by atoms with van der Waals surface area (Å²) in [6, 6.07) is 16.3. The minimum absolute atomic E-state index is 0.191. The van der Waals surface area contributed by atoms with E-state index in [0.29, 0.717) is 35.0 Å². The number of oxazole rings is 1. The lowest BCUT2D eigenvalue weighted by atomic mass is 10.1. The lowest BCUT2D eigenvalue weighted by Crippen LogP contribution is -2.34. The first kappa shape index (κ1) is 22.4. The SMILES string of the molecule is CCCCOc1cccc(C(=O)NC(=S)Nc2cccc(-c3nc4ncccc4o3)c2C)c1. The van der Waals surface area contributed by atoms with Crippen molar-refractivity contribution in [3.05, 3.63) is 71.9 Å². The molecule has 2 aromatic carbocycles. The summed E-state index contributed by atoms with van der Waals surface area (Å²) in [5.74, 6) is 0.818.